The average molecular weight is 314 g/mol. The first kappa shape index (κ1) is 15.6. The summed E-state index contributed by atoms with van der Waals surface area (Å²) < 4.78 is 13.5. The second-order valence-electron chi connectivity index (χ2n) is 5.95. The lowest BCUT2D eigenvalue weighted by Crippen LogP contribution is -2.24. The van der Waals surface area contributed by atoms with Crippen molar-refractivity contribution < 1.29 is 14.3 Å². The number of nitrogens with two attached hydrogens (primary N) is 1. The summed E-state index contributed by atoms with van der Waals surface area (Å²) in [6.07, 6.45) is 0.126. The monoisotopic (exact) mass is 314 g/mol. The summed E-state index contributed by atoms with van der Waals surface area (Å²) in [7, 11) is 0. The number of likely N-dealkylation sites (tertiary alicyclic amines) is 1. The molecule has 2 aromatic carbocycles. The van der Waals surface area contributed by atoms with E-state index in [0.29, 0.717) is 25.1 Å². The van der Waals surface area contributed by atoms with E-state index in [-0.39, 0.29) is 11.9 Å². The number of amides is 1. The number of rotatable bonds is 4. The minimum Gasteiger partial charge on any atom is -0.392 e. The van der Waals surface area contributed by atoms with Crippen LogP contribution in [0.1, 0.15) is 33.9 Å². The predicted molar refractivity (Wildman–Crippen MR) is 85.1 cm³/mol. The lowest BCUT2D eigenvalue weighted by Gasteiger charge is -2.24. The Hall–Kier alpha value is -2.24. The van der Waals surface area contributed by atoms with Crippen LogP contribution in [-0.4, -0.2) is 28.6 Å². The highest BCUT2D eigenvalue weighted by Gasteiger charge is 2.32. The third kappa shape index (κ3) is 3.57. The number of carbonyl (C=O) groups is 1. The minimum absolute atomic E-state index is 0.0436. The summed E-state index contributed by atoms with van der Waals surface area (Å²) in [5.74, 6) is -0.741. The molecule has 4 nitrogen and oxygen atoms in total. The van der Waals surface area contributed by atoms with Gasteiger partial charge in [-0.2, -0.15) is 0 Å². The Morgan fingerprint density at radius 1 is 1.26 bits per heavy atom. The molecule has 0 radical (unpaired) electrons. The molecule has 1 heterocycles. The fourth-order valence-corrected chi connectivity index (χ4v) is 3.17. The zero-order valence-corrected chi connectivity index (χ0v) is 12.7. The second kappa shape index (κ2) is 6.48. The standard InChI is InChI=1S/C18H19FN2O2/c19-15-6-2-4-13(8-15)17-9-16(22)11-21(17)10-12-3-1-5-14(7-12)18(20)23/h1-8,16-17,22H,9-11H2,(H2,20,23)/t16-,17+/m0/s1. The Kier molecular flexibility index (Phi) is 4.41. The van der Waals surface area contributed by atoms with Crippen LogP contribution in [0.25, 0.3) is 0 Å². The van der Waals surface area contributed by atoms with Crippen molar-refractivity contribution in [3.05, 3.63) is 71.0 Å². The van der Waals surface area contributed by atoms with Crippen LogP contribution < -0.4 is 5.73 Å². The predicted octanol–water partition coefficient (Wildman–Crippen LogP) is 2.23. The minimum atomic E-state index is -0.463. The van der Waals surface area contributed by atoms with Crippen LogP contribution in [0, 0.1) is 5.82 Å². The molecule has 0 spiro atoms. The van der Waals surface area contributed by atoms with Crippen molar-refractivity contribution in [2.24, 2.45) is 5.73 Å². The van der Waals surface area contributed by atoms with Crippen LogP contribution in [0.2, 0.25) is 0 Å². The number of benzene rings is 2. The van der Waals surface area contributed by atoms with Gasteiger partial charge >= 0.3 is 0 Å². The van der Waals surface area contributed by atoms with E-state index in [2.05, 4.69) is 4.90 Å². The van der Waals surface area contributed by atoms with Gasteiger partial charge in [-0.05, 0) is 41.8 Å². The van der Waals surface area contributed by atoms with Gasteiger partial charge in [0.2, 0.25) is 5.91 Å². The molecular weight excluding hydrogens is 295 g/mol. The number of aliphatic hydroxyl groups is 1. The van der Waals surface area contributed by atoms with Crippen molar-refractivity contribution in [3.63, 3.8) is 0 Å². The number of halogens is 1. The van der Waals surface area contributed by atoms with Gasteiger partial charge in [-0.1, -0.05) is 24.3 Å². The van der Waals surface area contributed by atoms with Crippen molar-refractivity contribution >= 4 is 5.91 Å². The van der Waals surface area contributed by atoms with Gasteiger partial charge in [0.05, 0.1) is 6.10 Å². The number of aliphatic hydroxyl groups excluding tert-OH is 1. The van der Waals surface area contributed by atoms with Gasteiger partial charge in [-0.15, -0.1) is 0 Å². The molecule has 0 unspecified atom stereocenters. The summed E-state index contributed by atoms with van der Waals surface area (Å²) in [5, 5.41) is 10.0. The third-order valence-electron chi connectivity index (χ3n) is 4.21. The van der Waals surface area contributed by atoms with E-state index < -0.39 is 12.0 Å². The first-order chi connectivity index (χ1) is 11.0. The first-order valence-corrected chi connectivity index (χ1v) is 7.59. The van der Waals surface area contributed by atoms with Crippen LogP contribution in [0.15, 0.2) is 48.5 Å². The molecule has 0 bridgehead atoms. The maximum atomic E-state index is 13.5. The van der Waals surface area contributed by atoms with Gasteiger partial charge in [0, 0.05) is 24.7 Å². The molecular formula is C18H19FN2O2. The van der Waals surface area contributed by atoms with Crippen LogP contribution in [0.5, 0.6) is 0 Å². The van der Waals surface area contributed by atoms with Gasteiger partial charge in [0.25, 0.3) is 0 Å². The molecule has 1 aliphatic heterocycles. The van der Waals surface area contributed by atoms with Crippen LogP contribution in [-0.2, 0) is 6.54 Å². The molecule has 2 atom stereocenters. The molecule has 0 saturated carbocycles. The molecule has 1 saturated heterocycles. The highest BCUT2D eigenvalue weighted by Crippen LogP contribution is 2.33. The number of nitrogens with zero attached hydrogens (tertiary/aromatic N) is 1. The van der Waals surface area contributed by atoms with E-state index in [1.165, 1.54) is 12.1 Å². The highest BCUT2D eigenvalue weighted by atomic mass is 19.1. The molecule has 1 aliphatic rings. The van der Waals surface area contributed by atoms with E-state index in [0.717, 1.165) is 11.1 Å². The molecule has 0 aromatic heterocycles. The zero-order chi connectivity index (χ0) is 16.4. The van der Waals surface area contributed by atoms with E-state index >= 15 is 0 Å². The summed E-state index contributed by atoms with van der Waals surface area (Å²) in [6, 6.07) is 13.6. The topological polar surface area (TPSA) is 66.6 Å². The van der Waals surface area contributed by atoms with Crippen molar-refractivity contribution in [1.29, 1.82) is 0 Å². The molecule has 1 amide bonds. The zero-order valence-electron chi connectivity index (χ0n) is 12.7. The van der Waals surface area contributed by atoms with Crippen molar-refractivity contribution in [2.45, 2.75) is 25.1 Å². The smallest absolute Gasteiger partial charge is 0.248 e. The SMILES string of the molecule is NC(=O)c1cccc(CN2C[C@@H](O)C[C@@H]2c2cccc(F)c2)c1. The fraction of sp³-hybridized carbons (Fsp3) is 0.278. The van der Waals surface area contributed by atoms with Gasteiger partial charge in [0.1, 0.15) is 5.82 Å². The third-order valence-corrected chi connectivity index (χ3v) is 4.21. The molecule has 3 N–H and O–H groups in total. The number of primary amides is 1. The lowest BCUT2D eigenvalue weighted by atomic mass is 10.0. The van der Waals surface area contributed by atoms with E-state index in [1.54, 1.807) is 24.3 Å². The summed E-state index contributed by atoms with van der Waals surface area (Å²) in [4.78, 5) is 13.4. The van der Waals surface area contributed by atoms with Gasteiger partial charge in [-0.3, -0.25) is 9.69 Å². The number of carbonyl (C=O) groups excluding carboxylic acids is 1. The number of hydrogen-bond donors (Lipinski definition) is 2. The fourth-order valence-electron chi connectivity index (χ4n) is 3.17. The van der Waals surface area contributed by atoms with Crippen molar-refractivity contribution in [1.82, 2.24) is 4.90 Å². The normalized spacial score (nSPS) is 21.5. The first-order valence-electron chi connectivity index (χ1n) is 7.59. The lowest BCUT2D eigenvalue weighted by molar-refractivity contribution is 0.1000. The van der Waals surface area contributed by atoms with Gasteiger partial charge < -0.3 is 10.8 Å². The van der Waals surface area contributed by atoms with E-state index in [9.17, 15) is 14.3 Å². The Bertz CT molecular complexity index is 720. The largest absolute Gasteiger partial charge is 0.392 e. The molecule has 23 heavy (non-hydrogen) atoms. The maximum Gasteiger partial charge on any atom is 0.248 e. The summed E-state index contributed by atoms with van der Waals surface area (Å²) in [6.45, 7) is 1.08. The van der Waals surface area contributed by atoms with E-state index in [4.69, 9.17) is 5.73 Å². The van der Waals surface area contributed by atoms with Crippen LogP contribution >= 0.6 is 0 Å². The Labute approximate surface area is 134 Å². The molecule has 1 fully saturated rings. The maximum absolute atomic E-state index is 13.5. The van der Waals surface area contributed by atoms with Crippen molar-refractivity contribution in [3.8, 4) is 0 Å². The Balaban J connectivity index is 1.83. The molecule has 120 valence electrons. The molecule has 2 aromatic rings. The molecule has 3 rings (SSSR count). The number of β-amino-alcohol motifs (C(OH)–C–C–N with tert-alkyl or cyclic N) is 1. The summed E-state index contributed by atoms with van der Waals surface area (Å²) in [5.41, 5.74) is 7.57. The Morgan fingerprint density at radius 3 is 2.78 bits per heavy atom. The van der Waals surface area contributed by atoms with Crippen molar-refractivity contribution in [2.75, 3.05) is 6.54 Å². The second-order valence-corrected chi connectivity index (χ2v) is 5.95. The number of hydrogen-bond acceptors (Lipinski definition) is 3. The summed E-state index contributed by atoms with van der Waals surface area (Å²) >= 11 is 0. The van der Waals surface area contributed by atoms with E-state index in [1.807, 2.05) is 12.1 Å². The molecule has 0 aliphatic carbocycles. The highest BCUT2D eigenvalue weighted by molar-refractivity contribution is 5.92. The van der Waals surface area contributed by atoms with Gasteiger partial charge in [0.15, 0.2) is 0 Å². The van der Waals surface area contributed by atoms with Crippen LogP contribution in [0.3, 0.4) is 0 Å². The molecule has 5 heteroatoms. The van der Waals surface area contributed by atoms with Crippen LogP contribution in [0.4, 0.5) is 4.39 Å². The quantitative estimate of drug-likeness (QED) is 0.909. The Morgan fingerprint density at radius 2 is 2.04 bits per heavy atom. The van der Waals surface area contributed by atoms with Gasteiger partial charge in [-0.25, -0.2) is 4.39 Å². The average Bonchev–Trinajstić information content (AvgIpc) is 2.88.